The number of aliphatic hydroxyl groups is 3. The van der Waals surface area contributed by atoms with Crippen LogP contribution >= 0.6 is 0 Å². The zero-order chi connectivity index (χ0) is 17.1. The van der Waals surface area contributed by atoms with Crippen molar-refractivity contribution in [2.24, 2.45) is 5.92 Å². The fourth-order valence-electron chi connectivity index (χ4n) is 3.15. The number of hydrogen-bond acceptors (Lipinski definition) is 5. The van der Waals surface area contributed by atoms with Crippen LogP contribution in [-0.2, 0) is 4.79 Å². The topological polar surface area (TPSA) is 110 Å². The van der Waals surface area contributed by atoms with Gasteiger partial charge in [0.2, 0.25) is 0 Å². The maximum absolute atomic E-state index is 12.5. The summed E-state index contributed by atoms with van der Waals surface area (Å²) in [5, 5.41) is 29.9. The number of H-pyrrole nitrogens is 1. The molecular weight excluding hydrogens is 310 g/mol. The average Bonchev–Trinajstić information content (AvgIpc) is 2.90. The Morgan fingerprint density at radius 1 is 1.29 bits per heavy atom. The summed E-state index contributed by atoms with van der Waals surface area (Å²) in [4.78, 5) is 21.2. The lowest BCUT2D eigenvalue weighted by atomic mass is 10.0. The molecular formula is C17H23N3O4. The molecule has 3 rings (SSSR count). The Morgan fingerprint density at radius 2 is 2.08 bits per heavy atom. The Kier molecular flexibility index (Phi) is 5.13. The number of carbonyl (C=O) groups is 1. The van der Waals surface area contributed by atoms with Crippen molar-refractivity contribution in [3.8, 4) is 0 Å². The van der Waals surface area contributed by atoms with Crippen LogP contribution in [0.4, 0.5) is 0 Å². The number of aromatic amines is 1. The molecule has 24 heavy (non-hydrogen) atoms. The molecule has 0 aliphatic carbocycles. The molecule has 2 aromatic rings. The number of hydrogen-bond donors (Lipinski definition) is 4. The number of carbonyl (C=O) groups excluding carboxylic acids is 1. The van der Waals surface area contributed by atoms with Gasteiger partial charge >= 0.3 is 0 Å². The van der Waals surface area contributed by atoms with Crippen LogP contribution in [0.2, 0.25) is 0 Å². The van der Waals surface area contributed by atoms with Crippen molar-refractivity contribution in [1.82, 2.24) is 14.9 Å². The van der Waals surface area contributed by atoms with E-state index in [4.69, 9.17) is 0 Å². The summed E-state index contributed by atoms with van der Waals surface area (Å²) in [7, 11) is 0. The van der Waals surface area contributed by atoms with Gasteiger partial charge in [-0.1, -0.05) is 12.1 Å². The number of nitrogens with zero attached hydrogens (tertiary/aromatic N) is 2. The number of aliphatic hydroxyl groups excluding tert-OH is 3. The summed E-state index contributed by atoms with van der Waals surface area (Å²) in [5.41, 5.74) is 1.42. The first kappa shape index (κ1) is 16.9. The van der Waals surface area contributed by atoms with Crippen molar-refractivity contribution in [2.45, 2.75) is 31.5 Å². The number of rotatable bonds is 4. The number of imidazole rings is 1. The fraction of sp³-hybridized carbons (Fsp3) is 0.529. The third kappa shape index (κ3) is 3.43. The van der Waals surface area contributed by atoms with E-state index >= 15 is 0 Å². The molecule has 1 aliphatic rings. The summed E-state index contributed by atoms with van der Waals surface area (Å²) in [6, 6.07) is 7.28. The van der Waals surface area contributed by atoms with Gasteiger partial charge in [0.1, 0.15) is 11.9 Å². The van der Waals surface area contributed by atoms with Gasteiger partial charge in [0.05, 0.1) is 11.0 Å². The molecule has 2 heterocycles. The maximum atomic E-state index is 12.5. The lowest BCUT2D eigenvalue weighted by Crippen LogP contribution is -2.42. The molecule has 1 amide bonds. The van der Waals surface area contributed by atoms with E-state index in [1.54, 1.807) is 11.0 Å². The molecule has 130 valence electrons. The Balaban J connectivity index is 1.70. The quantitative estimate of drug-likeness (QED) is 0.654. The van der Waals surface area contributed by atoms with Crippen LogP contribution in [0.3, 0.4) is 0 Å². The van der Waals surface area contributed by atoms with Crippen molar-refractivity contribution in [1.29, 1.82) is 0 Å². The highest BCUT2D eigenvalue weighted by Crippen LogP contribution is 2.22. The highest BCUT2D eigenvalue weighted by Gasteiger charge is 2.32. The molecule has 7 heteroatoms. The van der Waals surface area contributed by atoms with Crippen molar-refractivity contribution in [3.63, 3.8) is 0 Å². The van der Waals surface area contributed by atoms with Crippen LogP contribution in [-0.4, -0.2) is 61.9 Å². The first-order valence-corrected chi connectivity index (χ1v) is 8.30. The van der Waals surface area contributed by atoms with Crippen LogP contribution in [0.1, 0.15) is 31.2 Å². The molecule has 0 spiro atoms. The van der Waals surface area contributed by atoms with E-state index in [1.807, 2.05) is 18.2 Å². The Labute approximate surface area is 139 Å². The molecule has 1 aromatic heterocycles. The molecule has 1 aromatic carbocycles. The molecule has 4 N–H and O–H groups in total. The maximum Gasteiger partial charge on any atom is 0.254 e. The van der Waals surface area contributed by atoms with E-state index in [2.05, 4.69) is 9.97 Å². The zero-order valence-corrected chi connectivity index (χ0v) is 13.4. The van der Waals surface area contributed by atoms with Crippen molar-refractivity contribution in [2.75, 3.05) is 19.7 Å². The summed E-state index contributed by atoms with van der Waals surface area (Å²) < 4.78 is 0. The molecule has 3 atom stereocenters. The highest BCUT2D eigenvalue weighted by atomic mass is 16.3. The molecule has 3 unspecified atom stereocenters. The predicted molar refractivity (Wildman–Crippen MR) is 88.1 cm³/mol. The van der Waals surface area contributed by atoms with Gasteiger partial charge in [-0.25, -0.2) is 4.98 Å². The number of fused-ring (bicyclic) bond motifs is 1. The van der Waals surface area contributed by atoms with E-state index in [-0.39, 0.29) is 18.3 Å². The third-order valence-corrected chi connectivity index (χ3v) is 4.66. The van der Waals surface area contributed by atoms with Gasteiger partial charge < -0.3 is 25.2 Å². The van der Waals surface area contributed by atoms with Crippen molar-refractivity contribution >= 4 is 16.9 Å². The first-order valence-electron chi connectivity index (χ1n) is 8.30. The minimum atomic E-state index is -1.56. The summed E-state index contributed by atoms with van der Waals surface area (Å²) in [5.74, 6) is -0.123. The largest absolute Gasteiger partial charge is 0.396 e. The van der Waals surface area contributed by atoms with Crippen molar-refractivity contribution in [3.05, 3.63) is 30.1 Å². The predicted octanol–water partition coefficient (Wildman–Crippen LogP) is 0.578. The average molecular weight is 333 g/mol. The number of likely N-dealkylation sites (tertiary alicyclic amines) is 1. The minimum absolute atomic E-state index is 0.117. The normalized spacial score (nSPS) is 21.5. The van der Waals surface area contributed by atoms with Gasteiger partial charge in [0, 0.05) is 19.7 Å². The molecule has 0 radical (unpaired) electrons. The molecule has 0 bridgehead atoms. The molecule has 7 nitrogen and oxygen atoms in total. The Morgan fingerprint density at radius 3 is 2.83 bits per heavy atom. The van der Waals surface area contributed by atoms with Crippen LogP contribution in [0.5, 0.6) is 0 Å². The van der Waals surface area contributed by atoms with Gasteiger partial charge in [0.15, 0.2) is 6.10 Å². The van der Waals surface area contributed by atoms with Crippen LogP contribution in [0, 0.1) is 5.92 Å². The smallest absolute Gasteiger partial charge is 0.254 e. The first-order chi connectivity index (χ1) is 11.6. The lowest BCUT2D eigenvalue weighted by molar-refractivity contribution is -0.146. The van der Waals surface area contributed by atoms with E-state index < -0.39 is 18.1 Å². The van der Waals surface area contributed by atoms with Crippen LogP contribution in [0.25, 0.3) is 11.0 Å². The van der Waals surface area contributed by atoms with Gasteiger partial charge in [0.25, 0.3) is 5.91 Å². The monoisotopic (exact) mass is 333 g/mol. The zero-order valence-electron chi connectivity index (χ0n) is 13.4. The minimum Gasteiger partial charge on any atom is -0.396 e. The highest BCUT2D eigenvalue weighted by molar-refractivity contribution is 5.82. The second kappa shape index (κ2) is 7.29. The second-order valence-electron chi connectivity index (χ2n) is 6.33. The van der Waals surface area contributed by atoms with Gasteiger partial charge in [-0.3, -0.25) is 4.79 Å². The van der Waals surface area contributed by atoms with E-state index in [1.165, 1.54) is 0 Å². The fourth-order valence-corrected chi connectivity index (χ4v) is 3.15. The van der Waals surface area contributed by atoms with E-state index in [0.717, 1.165) is 18.4 Å². The number of para-hydroxylation sites is 2. The van der Waals surface area contributed by atoms with E-state index in [9.17, 15) is 20.1 Å². The summed E-state index contributed by atoms with van der Waals surface area (Å²) in [6.45, 7) is 1.12. The van der Waals surface area contributed by atoms with Gasteiger partial charge in [-0.15, -0.1) is 0 Å². The van der Waals surface area contributed by atoms with Crippen LogP contribution in [0.15, 0.2) is 24.3 Å². The lowest BCUT2D eigenvalue weighted by Gasteiger charge is -2.25. The van der Waals surface area contributed by atoms with Crippen molar-refractivity contribution < 1.29 is 20.1 Å². The Hall–Kier alpha value is -1.96. The molecule has 1 aliphatic heterocycles. The number of nitrogens with one attached hydrogen (secondary N) is 1. The SMILES string of the molecule is O=C(C(O)C(O)c1nc2ccccc2[nH]1)N1CCCC(CO)CC1. The number of aromatic nitrogens is 2. The van der Waals surface area contributed by atoms with Crippen LogP contribution < -0.4 is 0 Å². The summed E-state index contributed by atoms with van der Waals surface area (Å²) in [6.07, 6.45) is -0.610. The van der Waals surface area contributed by atoms with Gasteiger partial charge in [-0.05, 0) is 37.3 Å². The summed E-state index contributed by atoms with van der Waals surface area (Å²) >= 11 is 0. The Bertz CT molecular complexity index is 669. The molecule has 1 saturated heterocycles. The van der Waals surface area contributed by atoms with Gasteiger partial charge in [-0.2, -0.15) is 0 Å². The van der Waals surface area contributed by atoms with E-state index in [0.29, 0.717) is 25.0 Å². The second-order valence-corrected chi connectivity index (χ2v) is 6.33. The molecule has 1 fully saturated rings. The molecule has 0 saturated carbocycles. The standard InChI is InChI=1S/C17H23N3O4/c21-10-11-4-3-8-20(9-7-11)17(24)15(23)14(22)16-18-12-5-1-2-6-13(12)19-16/h1-2,5-6,11,14-15,21-23H,3-4,7-10H2,(H,18,19). The number of benzene rings is 1. The number of amides is 1. The third-order valence-electron chi connectivity index (χ3n) is 4.66.